The topological polar surface area (TPSA) is 68.2 Å². The van der Waals surface area contributed by atoms with Crippen LogP contribution in [0.4, 0.5) is 0 Å². The molecule has 7 heteroatoms. The molecule has 6 nitrogen and oxygen atoms in total. The summed E-state index contributed by atoms with van der Waals surface area (Å²) in [6.45, 7) is 4.26. The molecule has 0 unspecified atom stereocenters. The van der Waals surface area contributed by atoms with Crippen LogP contribution in [0.2, 0.25) is 5.02 Å². The van der Waals surface area contributed by atoms with Crippen LogP contribution in [0.25, 0.3) is 0 Å². The molecule has 0 bridgehead atoms. The standard InChI is InChI=1S/C15H20ClNO5/c1-2-21-13-7-11(9-18)12(16)8-14(13)22-10-15(19)17-3-5-20-6-4-17/h7-8,18H,2-6,9-10H2,1H3. The smallest absolute Gasteiger partial charge is 0.260 e. The van der Waals surface area contributed by atoms with Crippen molar-refractivity contribution in [2.45, 2.75) is 13.5 Å². The number of carbonyl (C=O) groups excluding carboxylic acids is 1. The summed E-state index contributed by atoms with van der Waals surface area (Å²) in [6, 6.07) is 3.19. The van der Waals surface area contributed by atoms with Crippen molar-refractivity contribution in [3.05, 3.63) is 22.7 Å². The monoisotopic (exact) mass is 329 g/mol. The van der Waals surface area contributed by atoms with Gasteiger partial charge in [0.05, 0.1) is 31.5 Å². The van der Waals surface area contributed by atoms with E-state index in [0.29, 0.717) is 55.0 Å². The molecule has 1 saturated heterocycles. The van der Waals surface area contributed by atoms with E-state index >= 15 is 0 Å². The Hall–Kier alpha value is -1.50. The van der Waals surface area contributed by atoms with Crippen molar-refractivity contribution in [3.63, 3.8) is 0 Å². The van der Waals surface area contributed by atoms with E-state index in [9.17, 15) is 9.90 Å². The number of halogens is 1. The van der Waals surface area contributed by atoms with Gasteiger partial charge in [0.2, 0.25) is 0 Å². The maximum Gasteiger partial charge on any atom is 0.260 e. The molecule has 0 aliphatic carbocycles. The van der Waals surface area contributed by atoms with E-state index in [1.54, 1.807) is 17.0 Å². The Morgan fingerprint density at radius 1 is 1.32 bits per heavy atom. The first-order chi connectivity index (χ1) is 10.7. The third-order valence-electron chi connectivity index (χ3n) is 3.30. The highest BCUT2D eigenvalue weighted by atomic mass is 35.5. The minimum atomic E-state index is -0.189. The van der Waals surface area contributed by atoms with Crippen molar-refractivity contribution in [3.8, 4) is 11.5 Å². The lowest BCUT2D eigenvalue weighted by Gasteiger charge is -2.26. The van der Waals surface area contributed by atoms with Gasteiger partial charge < -0.3 is 24.2 Å². The fourth-order valence-corrected chi connectivity index (χ4v) is 2.34. The largest absolute Gasteiger partial charge is 0.490 e. The Balaban J connectivity index is 2.04. The van der Waals surface area contributed by atoms with Crippen LogP contribution in [0.3, 0.4) is 0 Å². The summed E-state index contributed by atoms with van der Waals surface area (Å²) in [5, 5.41) is 9.61. The first-order valence-corrected chi connectivity index (χ1v) is 7.58. The van der Waals surface area contributed by atoms with E-state index in [-0.39, 0.29) is 19.1 Å². The summed E-state index contributed by atoms with van der Waals surface area (Å²) in [5.41, 5.74) is 0.553. The Morgan fingerprint density at radius 3 is 2.64 bits per heavy atom. The number of hydrogen-bond donors (Lipinski definition) is 1. The zero-order valence-electron chi connectivity index (χ0n) is 12.5. The highest BCUT2D eigenvalue weighted by Gasteiger charge is 2.18. The predicted octanol–water partition coefficient (Wildman–Crippen LogP) is 1.47. The molecule has 1 aromatic rings. The second-order valence-electron chi connectivity index (χ2n) is 4.76. The first kappa shape index (κ1) is 16.9. The third kappa shape index (κ3) is 4.25. The molecule has 1 aliphatic rings. The van der Waals surface area contributed by atoms with Gasteiger partial charge in [-0.15, -0.1) is 0 Å². The van der Waals surface area contributed by atoms with Gasteiger partial charge in [0.1, 0.15) is 0 Å². The van der Waals surface area contributed by atoms with E-state index < -0.39 is 0 Å². The molecule has 0 aromatic heterocycles. The van der Waals surface area contributed by atoms with E-state index in [1.165, 1.54) is 0 Å². The van der Waals surface area contributed by atoms with Crippen molar-refractivity contribution >= 4 is 17.5 Å². The number of aliphatic hydroxyl groups excluding tert-OH is 1. The number of amides is 1. The third-order valence-corrected chi connectivity index (χ3v) is 3.65. The van der Waals surface area contributed by atoms with Gasteiger partial charge in [-0.2, -0.15) is 0 Å². The highest BCUT2D eigenvalue weighted by molar-refractivity contribution is 6.31. The summed E-state index contributed by atoms with van der Waals surface area (Å²) < 4.78 is 16.2. The zero-order chi connectivity index (χ0) is 15.9. The van der Waals surface area contributed by atoms with Crippen molar-refractivity contribution in [2.75, 3.05) is 39.5 Å². The number of morpholine rings is 1. The number of nitrogens with zero attached hydrogens (tertiary/aromatic N) is 1. The summed E-state index contributed by atoms with van der Waals surface area (Å²) in [4.78, 5) is 13.8. The van der Waals surface area contributed by atoms with Gasteiger partial charge in [-0.3, -0.25) is 4.79 Å². The summed E-state index contributed by atoms with van der Waals surface area (Å²) in [6.07, 6.45) is 0. The number of carbonyl (C=O) groups is 1. The maximum atomic E-state index is 12.1. The molecule has 2 rings (SSSR count). The van der Waals surface area contributed by atoms with Crippen molar-refractivity contribution in [1.82, 2.24) is 4.90 Å². The van der Waals surface area contributed by atoms with Crippen molar-refractivity contribution in [1.29, 1.82) is 0 Å². The average molecular weight is 330 g/mol. The molecule has 1 N–H and O–H groups in total. The quantitative estimate of drug-likeness (QED) is 0.856. The lowest BCUT2D eigenvalue weighted by molar-refractivity contribution is -0.137. The van der Waals surface area contributed by atoms with Gasteiger partial charge in [0, 0.05) is 19.2 Å². The Labute approximate surface area is 134 Å². The SMILES string of the molecule is CCOc1cc(CO)c(Cl)cc1OCC(=O)N1CCOCC1. The molecule has 1 fully saturated rings. The normalized spacial score (nSPS) is 14.8. The molecular weight excluding hydrogens is 310 g/mol. The van der Waals surface area contributed by atoms with Gasteiger partial charge in [0.15, 0.2) is 18.1 Å². The van der Waals surface area contributed by atoms with E-state index in [4.69, 9.17) is 25.8 Å². The molecule has 0 saturated carbocycles. The lowest BCUT2D eigenvalue weighted by atomic mass is 10.2. The average Bonchev–Trinajstić information content (AvgIpc) is 2.55. The van der Waals surface area contributed by atoms with Crippen LogP contribution in [0, 0.1) is 0 Å². The van der Waals surface area contributed by atoms with Crippen LogP contribution in [0.1, 0.15) is 12.5 Å². The van der Waals surface area contributed by atoms with Crippen molar-refractivity contribution < 1.29 is 24.1 Å². The number of benzene rings is 1. The fourth-order valence-electron chi connectivity index (χ4n) is 2.12. The van der Waals surface area contributed by atoms with Gasteiger partial charge in [-0.25, -0.2) is 0 Å². The summed E-state index contributed by atoms with van der Waals surface area (Å²) >= 11 is 6.06. The van der Waals surface area contributed by atoms with E-state index in [2.05, 4.69) is 0 Å². The molecule has 122 valence electrons. The number of hydrogen-bond acceptors (Lipinski definition) is 5. The van der Waals surface area contributed by atoms with E-state index in [0.717, 1.165) is 0 Å². The van der Waals surface area contributed by atoms with E-state index in [1.807, 2.05) is 6.92 Å². The Bertz CT molecular complexity index is 517. The molecule has 1 aromatic carbocycles. The zero-order valence-corrected chi connectivity index (χ0v) is 13.3. The fraction of sp³-hybridized carbons (Fsp3) is 0.533. The van der Waals surface area contributed by atoms with Gasteiger partial charge in [0.25, 0.3) is 5.91 Å². The van der Waals surface area contributed by atoms with Crippen LogP contribution >= 0.6 is 11.6 Å². The lowest BCUT2D eigenvalue weighted by Crippen LogP contribution is -2.43. The summed E-state index contributed by atoms with van der Waals surface area (Å²) in [5.74, 6) is 0.754. The Morgan fingerprint density at radius 2 is 2.00 bits per heavy atom. The van der Waals surface area contributed by atoms with Gasteiger partial charge in [-0.1, -0.05) is 11.6 Å². The van der Waals surface area contributed by atoms with Gasteiger partial charge >= 0.3 is 0 Å². The maximum absolute atomic E-state index is 12.1. The minimum absolute atomic E-state index is 0.0884. The van der Waals surface area contributed by atoms with Crippen LogP contribution in [0.15, 0.2) is 12.1 Å². The van der Waals surface area contributed by atoms with Gasteiger partial charge in [-0.05, 0) is 18.6 Å². The second kappa shape index (κ2) is 8.22. The van der Waals surface area contributed by atoms with Crippen LogP contribution in [0.5, 0.6) is 11.5 Å². The van der Waals surface area contributed by atoms with Crippen LogP contribution in [-0.4, -0.2) is 55.4 Å². The molecule has 1 heterocycles. The molecule has 0 spiro atoms. The molecule has 1 aliphatic heterocycles. The van der Waals surface area contributed by atoms with Crippen LogP contribution in [-0.2, 0) is 16.1 Å². The van der Waals surface area contributed by atoms with Crippen molar-refractivity contribution in [2.24, 2.45) is 0 Å². The molecule has 1 amide bonds. The molecule has 0 atom stereocenters. The predicted molar refractivity (Wildman–Crippen MR) is 81.4 cm³/mol. The second-order valence-corrected chi connectivity index (χ2v) is 5.17. The molecule has 22 heavy (non-hydrogen) atoms. The molecule has 0 radical (unpaired) electrons. The first-order valence-electron chi connectivity index (χ1n) is 7.20. The Kier molecular flexibility index (Phi) is 6.30. The highest BCUT2D eigenvalue weighted by Crippen LogP contribution is 2.33. The molecular formula is C15H20ClNO5. The number of ether oxygens (including phenoxy) is 3. The summed E-state index contributed by atoms with van der Waals surface area (Å²) in [7, 11) is 0. The minimum Gasteiger partial charge on any atom is -0.490 e. The number of aliphatic hydroxyl groups is 1. The number of rotatable bonds is 6. The van der Waals surface area contributed by atoms with Crippen LogP contribution < -0.4 is 9.47 Å².